The predicted molar refractivity (Wildman–Crippen MR) is 179 cm³/mol. The quantitative estimate of drug-likeness (QED) is 0.102. The Bertz CT molecular complexity index is 1490. The van der Waals surface area contributed by atoms with Crippen molar-refractivity contribution in [1.82, 2.24) is 4.90 Å². The van der Waals surface area contributed by atoms with Crippen LogP contribution in [0.1, 0.15) is 67.1 Å². The fourth-order valence-electron chi connectivity index (χ4n) is 6.65. The van der Waals surface area contributed by atoms with E-state index in [0.29, 0.717) is 0 Å². The average molecular weight is 629 g/mol. The summed E-state index contributed by atoms with van der Waals surface area (Å²) in [5.41, 5.74) is -0.0789. The van der Waals surface area contributed by atoms with Gasteiger partial charge in [-0.05, 0) is 52.9 Å². The summed E-state index contributed by atoms with van der Waals surface area (Å²) < 4.78 is 13.1. The van der Waals surface area contributed by atoms with Crippen molar-refractivity contribution in [2.75, 3.05) is 0 Å². The van der Waals surface area contributed by atoms with Crippen molar-refractivity contribution in [1.29, 1.82) is 0 Å². The van der Waals surface area contributed by atoms with Crippen molar-refractivity contribution in [2.24, 2.45) is 11.8 Å². The van der Waals surface area contributed by atoms with E-state index in [1.807, 2.05) is 71.0 Å². The minimum Gasteiger partial charge on any atom is -0.441 e. The third kappa shape index (κ3) is 6.79. The van der Waals surface area contributed by atoms with Crippen molar-refractivity contribution < 1.29 is 23.7 Å². The van der Waals surface area contributed by atoms with Crippen LogP contribution in [0.25, 0.3) is 0 Å². The Balaban J connectivity index is 1.82. The fourth-order valence-corrected chi connectivity index (χ4v) is 11.4. The number of nitrogens with zero attached hydrogens (tertiary/aromatic N) is 2. The lowest BCUT2D eigenvalue weighted by Gasteiger charge is -2.46. The maximum atomic E-state index is 13.6. The number of nitro benzene ring substituents is 1. The summed E-state index contributed by atoms with van der Waals surface area (Å²) in [6.07, 6.45) is 1.96. The highest BCUT2D eigenvalue weighted by atomic mass is 28.4. The molecule has 238 valence electrons. The van der Waals surface area contributed by atoms with Crippen LogP contribution in [0.2, 0.25) is 5.04 Å². The minimum atomic E-state index is -3.07. The SMILES string of the molecule is CC(C)C1N(C(=O)/C=C/[C@H](C)[C@@H](O[Si](c2ccccc2)(c2ccccc2)C(C)(C)C)c2ccc([N+](=O)[O-])cc2)C(=O)OC1(C)C. The second-order valence-corrected chi connectivity index (χ2v) is 17.9. The molecule has 0 spiro atoms. The lowest BCUT2D eigenvalue weighted by Crippen LogP contribution is -2.67. The van der Waals surface area contributed by atoms with Crippen LogP contribution in [0.4, 0.5) is 10.5 Å². The standard InChI is InChI=1S/C36H44N2O6Si/c1-25(2)33-36(7,8)43-34(40)37(33)31(39)24-19-26(3)32(27-20-22-28(23-21-27)38(41)42)44-45(35(4,5)6,29-15-11-9-12-16-29)30-17-13-10-14-18-30/h9-26,32-33H,1-8H3/b24-19+/t26-,32+,33?/m0/s1. The topological polar surface area (TPSA) is 99.0 Å². The lowest BCUT2D eigenvalue weighted by molar-refractivity contribution is -0.384. The van der Waals surface area contributed by atoms with Crippen molar-refractivity contribution in [3.63, 3.8) is 0 Å². The van der Waals surface area contributed by atoms with Crippen LogP contribution in [0.3, 0.4) is 0 Å². The number of rotatable bonds is 10. The van der Waals surface area contributed by atoms with Gasteiger partial charge in [-0.3, -0.25) is 14.9 Å². The number of ether oxygens (including phenoxy) is 1. The number of carbonyl (C=O) groups excluding carboxylic acids is 2. The normalized spacial score (nSPS) is 18.2. The molecule has 0 aliphatic carbocycles. The maximum Gasteiger partial charge on any atom is 0.417 e. The number of amides is 2. The number of nitro groups is 1. The van der Waals surface area contributed by atoms with Gasteiger partial charge in [0.15, 0.2) is 0 Å². The molecule has 1 unspecified atom stereocenters. The van der Waals surface area contributed by atoms with E-state index in [9.17, 15) is 19.7 Å². The van der Waals surface area contributed by atoms with E-state index in [1.165, 1.54) is 23.1 Å². The van der Waals surface area contributed by atoms with Gasteiger partial charge in [0.25, 0.3) is 19.9 Å². The first-order valence-electron chi connectivity index (χ1n) is 15.4. The van der Waals surface area contributed by atoms with Crippen molar-refractivity contribution >= 4 is 36.4 Å². The summed E-state index contributed by atoms with van der Waals surface area (Å²) in [4.78, 5) is 38.6. The van der Waals surface area contributed by atoms with E-state index < -0.39 is 43.0 Å². The van der Waals surface area contributed by atoms with Crippen molar-refractivity contribution in [3.8, 4) is 0 Å². The van der Waals surface area contributed by atoms with E-state index in [-0.39, 0.29) is 22.6 Å². The Morgan fingerprint density at radius 3 is 1.91 bits per heavy atom. The highest BCUT2D eigenvalue weighted by molar-refractivity contribution is 6.99. The first-order chi connectivity index (χ1) is 21.1. The molecule has 3 atom stereocenters. The number of imide groups is 1. The summed E-state index contributed by atoms with van der Waals surface area (Å²) in [7, 11) is -3.07. The number of carbonyl (C=O) groups is 2. The molecule has 0 saturated carbocycles. The number of non-ortho nitro benzene ring substituents is 1. The van der Waals surface area contributed by atoms with Gasteiger partial charge in [0.2, 0.25) is 0 Å². The number of hydrogen-bond donors (Lipinski definition) is 0. The molecule has 3 aromatic rings. The Morgan fingerprint density at radius 2 is 1.47 bits per heavy atom. The molecule has 2 amide bonds. The van der Waals surface area contributed by atoms with Gasteiger partial charge in [-0.25, -0.2) is 9.69 Å². The molecule has 1 aliphatic rings. The molecule has 4 rings (SSSR count). The molecular formula is C36H44N2O6Si. The van der Waals surface area contributed by atoms with Crippen LogP contribution in [-0.4, -0.2) is 41.8 Å². The van der Waals surface area contributed by atoms with Gasteiger partial charge in [-0.15, -0.1) is 0 Å². The Kier molecular flexibility index (Phi) is 9.85. The van der Waals surface area contributed by atoms with E-state index in [2.05, 4.69) is 45.0 Å². The monoisotopic (exact) mass is 628 g/mol. The molecule has 0 N–H and O–H groups in total. The van der Waals surface area contributed by atoms with E-state index in [4.69, 9.17) is 9.16 Å². The molecule has 1 saturated heterocycles. The zero-order valence-corrected chi connectivity index (χ0v) is 28.4. The van der Waals surface area contributed by atoms with Crippen molar-refractivity contribution in [2.45, 2.75) is 78.2 Å². The van der Waals surface area contributed by atoms with Crippen LogP contribution in [-0.2, 0) is 14.0 Å². The molecule has 1 fully saturated rings. The van der Waals surface area contributed by atoms with Gasteiger partial charge in [0, 0.05) is 24.1 Å². The smallest absolute Gasteiger partial charge is 0.417 e. The van der Waals surface area contributed by atoms with E-state index in [1.54, 1.807) is 18.2 Å². The van der Waals surface area contributed by atoms with Crippen LogP contribution in [0.5, 0.6) is 0 Å². The maximum absolute atomic E-state index is 13.6. The van der Waals surface area contributed by atoms with Gasteiger partial charge in [0.1, 0.15) is 5.60 Å². The summed E-state index contributed by atoms with van der Waals surface area (Å²) >= 11 is 0. The van der Waals surface area contributed by atoms with Gasteiger partial charge < -0.3 is 9.16 Å². The molecule has 1 aliphatic heterocycles. The van der Waals surface area contributed by atoms with E-state index in [0.717, 1.165) is 15.9 Å². The predicted octanol–water partition coefficient (Wildman–Crippen LogP) is 7.19. The Morgan fingerprint density at radius 1 is 0.956 bits per heavy atom. The highest BCUT2D eigenvalue weighted by Gasteiger charge is 2.53. The van der Waals surface area contributed by atoms with E-state index >= 15 is 0 Å². The lowest BCUT2D eigenvalue weighted by atomic mass is 9.89. The summed E-state index contributed by atoms with van der Waals surface area (Å²) in [6.45, 7) is 16.1. The Labute approximate surface area is 267 Å². The fraction of sp³-hybridized carbons (Fsp3) is 0.389. The van der Waals surface area contributed by atoms with Crippen LogP contribution < -0.4 is 10.4 Å². The number of cyclic esters (lactones) is 1. The Hall–Kier alpha value is -4.08. The summed E-state index contributed by atoms with van der Waals surface area (Å²) in [5, 5.41) is 13.3. The second kappa shape index (κ2) is 13.1. The third-order valence-corrected chi connectivity index (χ3v) is 13.6. The molecule has 45 heavy (non-hydrogen) atoms. The largest absolute Gasteiger partial charge is 0.441 e. The molecule has 8 nitrogen and oxygen atoms in total. The second-order valence-electron chi connectivity index (χ2n) is 13.6. The third-order valence-electron chi connectivity index (χ3n) is 8.58. The molecule has 1 heterocycles. The first-order valence-corrected chi connectivity index (χ1v) is 17.3. The van der Waals surface area contributed by atoms with Crippen LogP contribution in [0.15, 0.2) is 97.1 Å². The van der Waals surface area contributed by atoms with Gasteiger partial charge >= 0.3 is 6.09 Å². The number of hydrogen-bond acceptors (Lipinski definition) is 6. The molecule has 0 bridgehead atoms. The zero-order valence-electron chi connectivity index (χ0n) is 27.4. The van der Waals surface area contributed by atoms with Crippen LogP contribution in [0, 0.1) is 22.0 Å². The van der Waals surface area contributed by atoms with Gasteiger partial charge in [0.05, 0.1) is 17.1 Å². The molecule has 0 radical (unpaired) electrons. The minimum absolute atomic E-state index is 0.00689. The summed E-state index contributed by atoms with van der Waals surface area (Å²) in [6, 6.07) is 26.4. The highest BCUT2D eigenvalue weighted by Crippen LogP contribution is 2.42. The number of benzene rings is 3. The summed E-state index contributed by atoms with van der Waals surface area (Å²) in [5.74, 6) is -0.822. The molecule has 3 aromatic carbocycles. The van der Waals surface area contributed by atoms with Gasteiger partial charge in [-0.1, -0.05) is 108 Å². The molecule has 9 heteroatoms. The average Bonchev–Trinajstić information content (AvgIpc) is 3.24. The zero-order chi connectivity index (χ0) is 33.2. The molecule has 0 aromatic heterocycles. The van der Waals surface area contributed by atoms with Gasteiger partial charge in [-0.2, -0.15) is 0 Å². The van der Waals surface area contributed by atoms with Crippen LogP contribution >= 0.6 is 0 Å². The first kappa shape index (κ1) is 33.8. The van der Waals surface area contributed by atoms with Crippen molar-refractivity contribution in [3.05, 3.63) is 113 Å². The molecular weight excluding hydrogens is 584 g/mol.